The summed E-state index contributed by atoms with van der Waals surface area (Å²) in [5.74, 6) is 0. The zero-order valence-electron chi connectivity index (χ0n) is 9.70. The maximum atomic E-state index is 8.48. The molecule has 0 aromatic rings. The van der Waals surface area contributed by atoms with Gasteiger partial charge in [0.05, 0.1) is 0 Å². The SMILES string of the molecule is [Nb+5].[Nb+5].[Nb+5].[O-]P([O-])[O-].[O-]P([O-])[O-].[O-]P([O-])[O-].[O-]P([O-])[O-].[O-]P([O-])[O-]. The van der Waals surface area contributed by atoms with Gasteiger partial charge in [0.15, 0.2) is 0 Å². The van der Waals surface area contributed by atoms with E-state index in [1.165, 1.54) is 0 Å². The van der Waals surface area contributed by atoms with Crippen molar-refractivity contribution in [2.45, 2.75) is 0 Å². The molecule has 0 unspecified atom stereocenters. The summed E-state index contributed by atoms with van der Waals surface area (Å²) in [5, 5.41) is 0. The first-order valence-corrected chi connectivity index (χ1v) is 8.22. The van der Waals surface area contributed by atoms with Crippen LogP contribution in [0.4, 0.5) is 0 Å². The molecule has 0 atom stereocenters. The molecule has 23 heteroatoms. The Morgan fingerprint density at radius 1 is 0.217 bits per heavy atom. The largest absolute Gasteiger partial charge is 5.00 e. The van der Waals surface area contributed by atoms with Gasteiger partial charge in [0.25, 0.3) is 0 Å². The Morgan fingerprint density at radius 3 is 0.217 bits per heavy atom. The fraction of sp³-hybridized carbons (Fsp3) is 0. The third kappa shape index (κ3) is 1020. The summed E-state index contributed by atoms with van der Waals surface area (Å²) in [5.41, 5.74) is 0. The standard InChI is InChI=1S/3Nb.5O3P/c;;;5*1-4(2)3/q3*+5;5*-3. The monoisotopic (exact) mass is 674 g/mol. The second-order valence-corrected chi connectivity index (χ2v) is 3.35. The molecule has 0 aliphatic heterocycles. The van der Waals surface area contributed by atoms with Gasteiger partial charge in [-0.15, -0.1) is 0 Å². The van der Waals surface area contributed by atoms with Gasteiger partial charge in [-0.2, -0.15) is 0 Å². The van der Waals surface area contributed by atoms with Gasteiger partial charge in [0.1, 0.15) is 0 Å². The molecule has 0 rings (SSSR count). The molecule has 0 radical (unpaired) electrons. The van der Waals surface area contributed by atoms with Crippen LogP contribution < -0.4 is 73.4 Å². The zero-order chi connectivity index (χ0) is 17.9. The first kappa shape index (κ1) is 50.5. The molecule has 0 saturated heterocycles. The van der Waals surface area contributed by atoms with Crippen LogP contribution in [0.2, 0.25) is 0 Å². The van der Waals surface area contributed by atoms with E-state index in [9.17, 15) is 0 Å². The topological polar surface area (TPSA) is 346 Å². The molecule has 0 heterocycles. The van der Waals surface area contributed by atoms with Crippen LogP contribution in [-0.2, 0) is 67.1 Å². The van der Waals surface area contributed by atoms with Crippen LogP contribution in [0.5, 0.6) is 0 Å². The van der Waals surface area contributed by atoms with Crippen molar-refractivity contribution in [2.24, 2.45) is 0 Å². The van der Waals surface area contributed by atoms with Gasteiger partial charge in [-0.25, -0.2) is 0 Å². The number of hydrogen-bond donors (Lipinski definition) is 0. The van der Waals surface area contributed by atoms with E-state index in [1.54, 1.807) is 0 Å². The summed E-state index contributed by atoms with van der Waals surface area (Å²) in [7, 11) is -16.9. The number of hydrogen-bond acceptors (Lipinski definition) is 15. The van der Waals surface area contributed by atoms with Crippen LogP contribution in [0, 0.1) is 0 Å². The maximum Gasteiger partial charge on any atom is 5.00 e. The van der Waals surface area contributed by atoms with Crippen LogP contribution in [0.15, 0.2) is 0 Å². The van der Waals surface area contributed by atoms with Crippen molar-refractivity contribution in [3.05, 3.63) is 0 Å². The van der Waals surface area contributed by atoms with E-state index >= 15 is 0 Å². The van der Waals surface area contributed by atoms with Crippen LogP contribution in [0.1, 0.15) is 0 Å². The van der Waals surface area contributed by atoms with Crippen molar-refractivity contribution in [1.29, 1.82) is 0 Å². The van der Waals surface area contributed by atoms with Crippen molar-refractivity contribution < 1.29 is 141 Å². The van der Waals surface area contributed by atoms with Crippen LogP contribution >= 0.6 is 43.0 Å². The first-order valence-electron chi connectivity index (χ1n) is 2.74. The molecule has 0 amide bonds. The second kappa shape index (κ2) is 44.9. The Balaban J connectivity index is -0.0000000197. The van der Waals surface area contributed by atoms with E-state index in [4.69, 9.17) is 73.4 Å². The molecule has 0 aliphatic rings. The second-order valence-electron chi connectivity index (χ2n) is 1.12. The van der Waals surface area contributed by atoms with Gasteiger partial charge in [0, 0.05) is 0 Å². The average molecular weight is 674 g/mol. The predicted octanol–water partition coefficient (Wildman–Crippen LogP) is -13.5. The maximum absolute atomic E-state index is 8.48. The van der Waals surface area contributed by atoms with E-state index < -0.39 is 43.0 Å². The van der Waals surface area contributed by atoms with Crippen molar-refractivity contribution in [1.82, 2.24) is 0 Å². The molecule has 0 aliphatic carbocycles. The smallest absolute Gasteiger partial charge is 0.854 e. The molecule has 23 heavy (non-hydrogen) atoms. The Bertz CT molecular complexity index is 87.7. The quantitative estimate of drug-likeness (QED) is 0.170. The summed E-state index contributed by atoms with van der Waals surface area (Å²) < 4.78 is 0. The van der Waals surface area contributed by atoms with Gasteiger partial charge >= 0.3 is 67.1 Å². The van der Waals surface area contributed by atoms with Crippen molar-refractivity contribution in [2.75, 3.05) is 0 Å². The molecule has 0 saturated carbocycles. The summed E-state index contributed by atoms with van der Waals surface area (Å²) >= 11 is 0. The summed E-state index contributed by atoms with van der Waals surface area (Å²) in [6.45, 7) is 0. The van der Waals surface area contributed by atoms with Gasteiger partial charge in [-0.3, -0.25) is 0 Å². The minimum atomic E-state index is -3.37. The Hall–Kier alpha value is 3.77. The predicted molar refractivity (Wildman–Crippen MR) is 34.6 cm³/mol. The van der Waals surface area contributed by atoms with E-state index in [0.717, 1.165) is 0 Å². The fourth-order valence-electron chi connectivity index (χ4n) is 0. The minimum Gasteiger partial charge on any atom is -0.854 e. The fourth-order valence-corrected chi connectivity index (χ4v) is 0. The summed E-state index contributed by atoms with van der Waals surface area (Å²) in [6, 6.07) is 0. The van der Waals surface area contributed by atoms with Crippen LogP contribution in [0.25, 0.3) is 0 Å². The molecule has 0 bridgehead atoms. The third-order valence-electron chi connectivity index (χ3n) is 0. The molecule has 0 spiro atoms. The van der Waals surface area contributed by atoms with E-state index in [-0.39, 0.29) is 67.1 Å². The molecule has 0 N–H and O–H groups in total. The number of rotatable bonds is 0. The molecule has 0 fully saturated rings. The summed E-state index contributed by atoms with van der Waals surface area (Å²) in [4.78, 5) is 127. The average Bonchev–Trinajstić information content (AvgIpc) is 1.94. The van der Waals surface area contributed by atoms with Gasteiger partial charge in [-0.1, -0.05) is 0 Å². The van der Waals surface area contributed by atoms with Gasteiger partial charge in [0.2, 0.25) is 0 Å². The van der Waals surface area contributed by atoms with Crippen LogP contribution in [-0.4, -0.2) is 0 Å². The van der Waals surface area contributed by atoms with E-state index in [0.29, 0.717) is 0 Å². The third-order valence-corrected chi connectivity index (χ3v) is 0. The van der Waals surface area contributed by atoms with Crippen molar-refractivity contribution in [3.63, 3.8) is 0 Å². The molecular weight excluding hydrogens is 674 g/mol. The Morgan fingerprint density at radius 2 is 0.217 bits per heavy atom. The zero-order valence-corrected chi connectivity index (χ0v) is 20.8. The van der Waals surface area contributed by atoms with Gasteiger partial charge in [-0.05, 0) is 0 Å². The minimum absolute atomic E-state index is 0. The Kier molecular flexibility index (Phi) is 98.5. The molecule has 0 aromatic carbocycles. The van der Waals surface area contributed by atoms with E-state index in [2.05, 4.69) is 0 Å². The van der Waals surface area contributed by atoms with E-state index in [1.807, 2.05) is 0 Å². The first-order chi connectivity index (χ1) is 8.66. The molecule has 15 nitrogen and oxygen atoms in total. The van der Waals surface area contributed by atoms with Crippen molar-refractivity contribution >= 4 is 43.0 Å². The normalized spacial score (nSPS) is 7.83. The van der Waals surface area contributed by atoms with Gasteiger partial charge < -0.3 is 116 Å². The summed E-state index contributed by atoms with van der Waals surface area (Å²) in [6.07, 6.45) is 0. The molecular formula is Nb3O15P5. The Labute approximate surface area is 182 Å². The van der Waals surface area contributed by atoms with Crippen molar-refractivity contribution in [3.8, 4) is 0 Å². The molecule has 0 aromatic heterocycles. The van der Waals surface area contributed by atoms with Crippen LogP contribution in [0.3, 0.4) is 0 Å². The molecule has 130 valence electrons.